The summed E-state index contributed by atoms with van der Waals surface area (Å²) in [6.45, 7) is 2.88. The first-order valence-corrected chi connectivity index (χ1v) is 7.47. The highest BCUT2D eigenvalue weighted by Gasteiger charge is 2.14. The zero-order valence-corrected chi connectivity index (χ0v) is 13.6. The smallest absolute Gasteiger partial charge is 0.224 e. The predicted molar refractivity (Wildman–Crippen MR) is 83.9 cm³/mol. The third-order valence-electron chi connectivity index (χ3n) is 3.16. The van der Waals surface area contributed by atoms with Crippen LogP contribution in [-0.2, 0) is 17.9 Å². The Labute approximate surface area is 132 Å². The number of halogens is 1. The Bertz CT molecular complexity index is 612. The fraction of sp³-hybridized carbons (Fsp3) is 0.333. The fourth-order valence-corrected chi connectivity index (χ4v) is 2.34. The molecule has 2 aromatic rings. The van der Waals surface area contributed by atoms with E-state index < -0.39 is 0 Å². The van der Waals surface area contributed by atoms with E-state index in [4.69, 9.17) is 4.74 Å². The van der Waals surface area contributed by atoms with Crippen LogP contribution in [0.2, 0.25) is 0 Å². The van der Waals surface area contributed by atoms with Gasteiger partial charge in [-0.05, 0) is 22.0 Å². The Hall–Kier alpha value is -1.82. The lowest BCUT2D eigenvalue weighted by Gasteiger charge is -2.13. The van der Waals surface area contributed by atoms with Gasteiger partial charge in [-0.3, -0.25) is 9.48 Å². The topological polar surface area (TPSA) is 56.1 Å². The normalized spacial score (nSPS) is 12.0. The summed E-state index contributed by atoms with van der Waals surface area (Å²) in [5.41, 5.74) is 0.961. The van der Waals surface area contributed by atoms with Gasteiger partial charge in [0.1, 0.15) is 5.75 Å². The van der Waals surface area contributed by atoms with Crippen LogP contribution in [0, 0.1) is 5.92 Å². The van der Waals surface area contributed by atoms with Gasteiger partial charge >= 0.3 is 0 Å². The van der Waals surface area contributed by atoms with Crippen LogP contribution in [0.5, 0.6) is 5.75 Å². The second kappa shape index (κ2) is 7.26. The molecule has 6 heteroatoms. The number of hydrogen-bond donors (Lipinski definition) is 1. The lowest BCUT2D eigenvalue weighted by atomic mass is 10.1. The minimum atomic E-state index is -0.161. The van der Waals surface area contributed by atoms with Gasteiger partial charge in [0.2, 0.25) is 5.91 Å². The lowest BCUT2D eigenvalue weighted by Crippen LogP contribution is -2.31. The highest BCUT2D eigenvalue weighted by Crippen LogP contribution is 2.17. The minimum Gasteiger partial charge on any atom is -0.496 e. The first-order chi connectivity index (χ1) is 10.1. The van der Waals surface area contributed by atoms with E-state index in [0.717, 1.165) is 15.8 Å². The van der Waals surface area contributed by atoms with Gasteiger partial charge < -0.3 is 10.1 Å². The number of para-hydroxylation sites is 1. The molecule has 1 amide bonds. The Morgan fingerprint density at radius 2 is 2.24 bits per heavy atom. The zero-order chi connectivity index (χ0) is 15.2. The quantitative estimate of drug-likeness (QED) is 0.870. The van der Waals surface area contributed by atoms with Gasteiger partial charge in [-0.2, -0.15) is 5.10 Å². The van der Waals surface area contributed by atoms with Crippen molar-refractivity contribution < 1.29 is 9.53 Å². The molecule has 0 aliphatic rings. The maximum atomic E-state index is 12.1. The molecule has 1 atom stereocenters. The Kier molecular flexibility index (Phi) is 5.38. The maximum Gasteiger partial charge on any atom is 0.224 e. The highest BCUT2D eigenvalue weighted by atomic mass is 79.9. The number of aromatic nitrogens is 2. The van der Waals surface area contributed by atoms with Crippen molar-refractivity contribution in [3.05, 3.63) is 46.7 Å². The number of ether oxygens (including phenoxy) is 1. The number of carbonyl (C=O) groups excluding carboxylic acids is 1. The largest absolute Gasteiger partial charge is 0.496 e. The molecule has 2 rings (SSSR count). The number of methoxy groups -OCH3 is 1. The highest BCUT2D eigenvalue weighted by molar-refractivity contribution is 9.10. The number of carbonyl (C=O) groups is 1. The van der Waals surface area contributed by atoms with Gasteiger partial charge in [-0.1, -0.05) is 25.1 Å². The van der Waals surface area contributed by atoms with Crippen molar-refractivity contribution in [3.63, 3.8) is 0 Å². The molecule has 21 heavy (non-hydrogen) atoms. The number of rotatable bonds is 6. The van der Waals surface area contributed by atoms with Crippen molar-refractivity contribution in [2.24, 2.45) is 5.92 Å². The average molecular weight is 352 g/mol. The third-order valence-corrected chi connectivity index (χ3v) is 3.57. The number of benzene rings is 1. The van der Waals surface area contributed by atoms with E-state index in [2.05, 4.69) is 26.3 Å². The first-order valence-electron chi connectivity index (χ1n) is 6.67. The summed E-state index contributed by atoms with van der Waals surface area (Å²) < 4.78 is 7.92. The molecule has 0 unspecified atom stereocenters. The number of hydrogen-bond acceptors (Lipinski definition) is 3. The molecule has 0 aliphatic carbocycles. The second-order valence-electron chi connectivity index (χ2n) is 4.81. The van der Waals surface area contributed by atoms with E-state index in [0.29, 0.717) is 13.1 Å². The van der Waals surface area contributed by atoms with Crippen LogP contribution < -0.4 is 10.1 Å². The van der Waals surface area contributed by atoms with Crippen LogP contribution >= 0.6 is 15.9 Å². The average Bonchev–Trinajstić information content (AvgIpc) is 2.90. The standard InChI is InChI=1S/C15H18BrN3O2/c1-11(9-19-10-13(16)8-18-19)15(20)17-7-12-5-3-4-6-14(12)21-2/h3-6,8,10-11H,7,9H2,1-2H3,(H,17,20)/t11-/m1/s1. The van der Waals surface area contributed by atoms with Gasteiger partial charge in [0.05, 0.1) is 30.2 Å². The first kappa shape index (κ1) is 15.6. The van der Waals surface area contributed by atoms with Gasteiger partial charge in [0.25, 0.3) is 0 Å². The van der Waals surface area contributed by atoms with E-state index in [-0.39, 0.29) is 11.8 Å². The summed E-state index contributed by atoms with van der Waals surface area (Å²) in [4.78, 5) is 12.1. The lowest BCUT2D eigenvalue weighted by molar-refractivity contribution is -0.125. The van der Waals surface area contributed by atoms with E-state index >= 15 is 0 Å². The van der Waals surface area contributed by atoms with Crippen molar-refractivity contribution in [2.75, 3.05) is 7.11 Å². The Morgan fingerprint density at radius 1 is 1.48 bits per heavy atom. The summed E-state index contributed by atoms with van der Waals surface area (Å²) in [7, 11) is 1.62. The molecule has 1 heterocycles. The van der Waals surface area contributed by atoms with Crippen molar-refractivity contribution in [1.29, 1.82) is 0 Å². The van der Waals surface area contributed by atoms with Crippen LogP contribution in [0.4, 0.5) is 0 Å². The van der Waals surface area contributed by atoms with Crippen molar-refractivity contribution in [1.82, 2.24) is 15.1 Å². The summed E-state index contributed by atoms with van der Waals surface area (Å²) >= 11 is 3.34. The van der Waals surface area contributed by atoms with Crippen LogP contribution in [0.3, 0.4) is 0 Å². The molecule has 0 aliphatic heterocycles. The second-order valence-corrected chi connectivity index (χ2v) is 5.73. The van der Waals surface area contributed by atoms with Crippen molar-refractivity contribution in [2.45, 2.75) is 20.0 Å². The number of nitrogens with zero attached hydrogens (tertiary/aromatic N) is 2. The van der Waals surface area contributed by atoms with E-state index in [9.17, 15) is 4.79 Å². The van der Waals surface area contributed by atoms with Gasteiger partial charge in [0, 0.05) is 18.3 Å². The molecule has 1 N–H and O–H groups in total. The summed E-state index contributed by atoms with van der Waals surface area (Å²) in [5, 5.41) is 7.08. The van der Waals surface area contributed by atoms with Crippen LogP contribution in [0.25, 0.3) is 0 Å². The fourth-order valence-electron chi connectivity index (χ4n) is 2.01. The van der Waals surface area contributed by atoms with Crippen molar-refractivity contribution in [3.8, 4) is 5.75 Å². The summed E-state index contributed by atoms with van der Waals surface area (Å²) in [6, 6.07) is 7.65. The predicted octanol–water partition coefficient (Wildman–Crippen LogP) is 2.61. The molecule has 112 valence electrons. The molecular formula is C15H18BrN3O2. The zero-order valence-electron chi connectivity index (χ0n) is 12.0. The van der Waals surface area contributed by atoms with Gasteiger partial charge in [-0.25, -0.2) is 0 Å². The van der Waals surface area contributed by atoms with E-state index in [1.165, 1.54) is 0 Å². The minimum absolute atomic E-state index is 0.00692. The molecule has 5 nitrogen and oxygen atoms in total. The van der Waals surface area contributed by atoms with Crippen LogP contribution in [0.1, 0.15) is 12.5 Å². The third kappa shape index (κ3) is 4.32. The Balaban J connectivity index is 1.89. The molecule has 0 saturated carbocycles. The van der Waals surface area contributed by atoms with Gasteiger partial charge in [-0.15, -0.1) is 0 Å². The van der Waals surface area contributed by atoms with Crippen LogP contribution in [0.15, 0.2) is 41.1 Å². The number of amides is 1. The van der Waals surface area contributed by atoms with E-state index in [1.807, 2.05) is 37.4 Å². The maximum absolute atomic E-state index is 12.1. The molecule has 1 aromatic heterocycles. The molecule has 0 fully saturated rings. The molecule has 0 spiro atoms. The number of nitrogens with one attached hydrogen (secondary N) is 1. The monoisotopic (exact) mass is 351 g/mol. The Morgan fingerprint density at radius 3 is 2.90 bits per heavy atom. The van der Waals surface area contributed by atoms with Gasteiger partial charge in [0.15, 0.2) is 0 Å². The molecule has 0 bridgehead atoms. The SMILES string of the molecule is COc1ccccc1CNC(=O)[C@H](C)Cn1cc(Br)cn1. The van der Waals surface area contributed by atoms with E-state index in [1.54, 1.807) is 18.0 Å². The summed E-state index contributed by atoms with van der Waals surface area (Å²) in [5.74, 6) is 0.612. The molecule has 0 radical (unpaired) electrons. The van der Waals surface area contributed by atoms with Crippen LogP contribution in [-0.4, -0.2) is 22.8 Å². The molecule has 1 aromatic carbocycles. The van der Waals surface area contributed by atoms with Crippen molar-refractivity contribution >= 4 is 21.8 Å². The molecular weight excluding hydrogens is 334 g/mol. The summed E-state index contributed by atoms with van der Waals surface area (Å²) in [6.07, 6.45) is 3.56. The molecule has 0 saturated heterocycles.